The maximum absolute atomic E-state index is 13.4. The van der Waals surface area contributed by atoms with E-state index in [0.717, 1.165) is 10.9 Å². The van der Waals surface area contributed by atoms with Crippen LogP contribution in [0.3, 0.4) is 0 Å². The molecule has 0 unspecified atom stereocenters. The van der Waals surface area contributed by atoms with Crippen LogP contribution < -0.4 is 15.0 Å². The Morgan fingerprint density at radius 2 is 1.97 bits per heavy atom. The number of rotatable bonds is 7. The van der Waals surface area contributed by atoms with Crippen LogP contribution in [0.1, 0.15) is 58.3 Å². The second-order valence-corrected chi connectivity index (χ2v) is 11.4. The van der Waals surface area contributed by atoms with E-state index in [2.05, 4.69) is 57.7 Å². The summed E-state index contributed by atoms with van der Waals surface area (Å²) in [5.74, 6) is 1.57. The van der Waals surface area contributed by atoms with Crippen LogP contribution in [0.2, 0.25) is 5.02 Å². The van der Waals surface area contributed by atoms with Crippen molar-refractivity contribution < 1.29 is 9.47 Å². The second kappa shape index (κ2) is 10.8. The van der Waals surface area contributed by atoms with Gasteiger partial charge in [0.15, 0.2) is 11.5 Å². The molecule has 1 atom stereocenters. The molecule has 34 heavy (non-hydrogen) atoms. The zero-order valence-electron chi connectivity index (χ0n) is 20.1. The van der Waals surface area contributed by atoms with Crippen molar-refractivity contribution in [3.05, 3.63) is 60.0 Å². The number of ether oxygens (including phenoxy) is 2. The highest BCUT2D eigenvalue weighted by molar-refractivity contribution is 9.10. The minimum atomic E-state index is -0.239. The molecular weight excluding hydrogens is 586 g/mol. The maximum Gasteiger partial charge on any atom is 0.282 e. The van der Waals surface area contributed by atoms with Gasteiger partial charge in [0.05, 0.1) is 30.8 Å². The van der Waals surface area contributed by atoms with E-state index < -0.39 is 0 Å². The van der Waals surface area contributed by atoms with Crippen molar-refractivity contribution in [1.29, 1.82) is 0 Å². The summed E-state index contributed by atoms with van der Waals surface area (Å²) in [7, 11) is 1.56. The number of nitrogens with zero attached hydrogens (tertiary/aromatic N) is 3. The topological polar surface area (TPSA) is 65.7 Å². The molecule has 0 saturated heterocycles. The number of methoxy groups -OCH3 is 1. The van der Waals surface area contributed by atoms with Crippen molar-refractivity contribution in [2.45, 2.75) is 47.0 Å². The Bertz CT molecular complexity index is 1300. The van der Waals surface area contributed by atoms with Crippen molar-refractivity contribution >= 4 is 60.6 Å². The number of benzene rings is 2. The summed E-state index contributed by atoms with van der Waals surface area (Å²) in [6.45, 7) is 10.8. The normalized spacial score (nSPS) is 13.0. The summed E-state index contributed by atoms with van der Waals surface area (Å²) in [6, 6.07) is 7.24. The van der Waals surface area contributed by atoms with Gasteiger partial charge in [-0.1, -0.05) is 62.1 Å². The molecule has 182 valence electrons. The first-order valence-electron chi connectivity index (χ1n) is 10.9. The van der Waals surface area contributed by atoms with Crippen molar-refractivity contribution in [2.24, 2.45) is 10.5 Å². The van der Waals surface area contributed by atoms with E-state index in [-0.39, 0.29) is 16.9 Å². The minimum absolute atomic E-state index is 0.0348. The summed E-state index contributed by atoms with van der Waals surface area (Å²) in [5, 5.41) is 5.39. The van der Waals surface area contributed by atoms with Crippen molar-refractivity contribution in [3.63, 3.8) is 0 Å². The van der Waals surface area contributed by atoms with E-state index in [4.69, 9.17) is 26.1 Å². The summed E-state index contributed by atoms with van der Waals surface area (Å²) in [4.78, 5) is 18.1. The molecule has 0 amide bonds. The number of fused-ring (bicyclic) bond motifs is 1. The molecule has 0 fully saturated rings. The van der Waals surface area contributed by atoms with Crippen molar-refractivity contribution in [3.8, 4) is 11.5 Å². The third-order valence-electron chi connectivity index (χ3n) is 5.22. The molecule has 9 heteroatoms. The van der Waals surface area contributed by atoms with E-state index in [1.165, 1.54) is 4.68 Å². The van der Waals surface area contributed by atoms with E-state index in [9.17, 15) is 4.79 Å². The molecule has 3 rings (SSSR count). The first kappa shape index (κ1) is 26.7. The first-order valence-corrected chi connectivity index (χ1v) is 12.9. The molecule has 0 saturated carbocycles. The monoisotopic (exact) mass is 611 g/mol. The average molecular weight is 614 g/mol. The van der Waals surface area contributed by atoms with Gasteiger partial charge in [0.2, 0.25) is 0 Å². The van der Waals surface area contributed by atoms with E-state index in [1.54, 1.807) is 25.5 Å². The molecule has 3 aromatic rings. The number of hydrogen-bond donors (Lipinski definition) is 0. The van der Waals surface area contributed by atoms with E-state index in [1.807, 2.05) is 26.0 Å². The van der Waals surface area contributed by atoms with Crippen LogP contribution in [0.5, 0.6) is 11.5 Å². The van der Waals surface area contributed by atoms with Crippen LogP contribution in [0.4, 0.5) is 0 Å². The highest BCUT2D eigenvalue weighted by Gasteiger charge is 2.20. The van der Waals surface area contributed by atoms with Gasteiger partial charge in [0.25, 0.3) is 5.56 Å². The zero-order chi connectivity index (χ0) is 25.2. The fourth-order valence-corrected chi connectivity index (χ4v) is 4.19. The zero-order valence-corrected chi connectivity index (χ0v) is 24.0. The van der Waals surface area contributed by atoms with Gasteiger partial charge in [-0.05, 0) is 52.0 Å². The molecule has 0 N–H and O–H groups in total. The Hall–Kier alpha value is -1.90. The van der Waals surface area contributed by atoms with Crippen molar-refractivity contribution in [1.82, 2.24) is 9.66 Å². The second-order valence-electron chi connectivity index (χ2n) is 9.28. The van der Waals surface area contributed by atoms with Crippen LogP contribution >= 0.6 is 43.5 Å². The van der Waals surface area contributed by atoms with Crippen LogP contribution in [0.25, 0.3) is 10.9 Å². The van der Waals surface area contributed by atoms with Crippen LogP contribution in [0, 0.1) is 5.41 Å². The number of aromatic nitrogens is 2. The quantitative estimate of drug-likeness (QED) is 0.261. The SMILES string of the molecule is CC[C@@H](C)c1nc2ccc(Br)cc2c(=O)n1N=Cc1cc(OC)c(OCC(C)(C)C)c(Cl)c1Br. The smallest absolute Gasteiger partial charge is 0.282 e. The summed E-state index contributed by atoms with van der Waals surface area (Å²) >= 11 is 13.6. The molecule has 6 nitrogen and oxygen atoms in total. The van der Waals surface area contributed by atoms with Gasteiger partial charge in [-0.15, -0.1) is 0 Å². The van der Waals surface area contributed by atoms with Gasteiger partial charge in [0.1, 0.15) is 10.8 Å². The number of hydrogen-bond acceptors (Lipinski definition) is 5. The molecule has 0 aliphatic carbocycles. The highest BCUT2D eigenvalue weighted by atomic mass is 79.9. The minimum Gasteiger partial charge on any atom is -0.493 e. The maximum atomic E-state index is 13.4. The third-order valence-corrected chi connectivity index (χ3v) is 7.16. The van der Waals surface area contributed by atoms with E-state index in [0.29, 0.717) is 49.9 Å². The lowest BCUT2D eigenvalue weighted by Crippen LogP contribution is -2.23. The summed E-state index contributed by atoms with van der Waals surface area (Å²) in [6.07, 6.45) is 2.39. The van der Waals surface area contributed by atoms with Gasteiger partial charge in [-0.2, -0.15) is 9.78 Å². The molecule has 0 aliphatic heterocycles. The average Bonchev–Trinajstić information content (AvgIpc) is 2.79. The van der Waals surface area contributed by atoms with Gasteiger partial charge in [-0.25, -0.2) is 4.98 Å². The molecule has 0 bridgehead atoms. The molecule has 0 radical (unpaired) electrons. The molecular formula is C25H28Br2ClN3O3. The van der Waals surface area contributed by atoms with Crippen molar-refractivity contribution in [2.75, 3.05) is 13.7 Å². The van der Waals surface area contributed by atoms with Gasteiger partial charge in [0, 0.05) is 20.4 Å². The van der Waals surface area contributed by atoms with Gasteiger partial charge >= 0.3 is 0 Å². The molecule has 2 aromatic carbocycles. The predicted octanol–water partition coefficient (Wildman–Crippen LogP) is 7.40. The first-order chi connectivity index (χ1) is 16.0. The third kappa shape index (κ3) is 5.83. The fraction of sp³-hybridized carbons (Fsp3) is 0.400. The lowest BCUT2D eigenvalue weighted by molar-refractivity contribution is 0.191. The Labute approximate surface area is 221 Å². The molecule has 1 aromatic heterocycles. The fourth-order valence-electron chi connectivity index (χ4n) is 3.17. The van der Waals surface area contributed by atoms with Gasteiger partial charge < -0.3 is 9.47 Å². The van der Waals surface area contributed by atoms with Crippen LogP contribution in [-0.4, -0.2) is 29.6 Å². The lowest BCUT2D eigenvalue weighted by atomic mass is 9.99. The Kier molecular flexibility index (Phi) is 8.47. The van der Waals surface area contributed by atoms with Crippen LogP contribution in [-0.2, 0) is 0 Å². The Morgan fingerprint density at radius 3 is 2.59 bits per heavy atom. The molecule has 1 heterocycles. The number of halogens is 3. The standard InChI is InChI=1S/C25H28Br2ClN3O3/c1-7-14(2)23-30-18-9-8-16(26)11-17(18)24(32)31(23)29-12-15-10-19(33-6)22(21(28)20(15)27)34-13-25(3,4)5/h8-12,14H,7,13H2,1-6H3/t14-/m1/s1. The molecule has 0 spiro atoms. The highest BCUT2D eigenvalue weighted by Crippen LogP contribution is 2.42. The van der Waals surface area contributed by atoms with E-state index >= 15 is 0 Å². The summed E-state index contributed by atoms with van der Waals surface area (Å²) < 4.78 is 14.3. The Balaban J connectivity index is 2.13. The largest absolute Gasteiger partial charge is 0.493 e. The lowest BCUT2D eigenvalue weighted by Gasteiger charge is -2.21. The van der Waals surface area contributed by atoms with Gasteiger partial charge in [-0.3, -0.25) is 4.79 Å². The molecule has 0 aliphatic rings. The summed E-state index contributed by atoms with van der Waals surface area (Å²) in [5.41, 5.74) is 0.992. The Morgan fingerprint density at radius 1 is 1.26 bits per heavy atom. The predicted molar refractivity (Wildman–Crippen MR) is 146 cm³/mol. The van der Waals surface area contributed by atoms with Crippen LogP contribution in [0.15, 0.2) is 43.1 Å².